The number of anilines is 2. The van der Waals surface area contributed by atoms with Crippen LogP contribution >= 0.6 is 15.2 Å². The van der Waals surface area contributed by atoms with E-state index in [0.717, 1.165) is 30.7 Å². The molecule has 3 aromatic carbocycles. The van der Waals surface area contributed by atoms with Gasteiger partial charge in [0.05, 0.1) is 168 Å². The smallest absolute Gasteiger partial charge is 0.325 e. The van der Waals surface area contributed by atoms with E-state index in [0.29, 0.717) is 162 Å². The molecule has 4 amide bonds. The minimum atomic E-state index is -4.42. The SMILES string of the molecule is O=C(CCOCCOCCOCCN(CCOCCOCCOCCn1cc(CCCCCC(=O)Nc2ccc(O[C@H]3O[C@H](CCP(=O)(O)O)[C@@H](O)[C@H](O)[C@@H]3O)cc2)nn1)CCOCCOCCOCCn1cc(CCCCNC(=O)Nc2ccc(O[C@H]3O[C@H](CCP(=O)(O)O)[C@@H](O)[C@H](O)[C@@H]3O)cc2)nn1)NCCc1c(F)c(F)c(F)c(F)c1F. The number of benzene rings is 3. The van der Waals surface area contributed by atoms with Gasteiger partial charge in [-0.15, -0.1) is 10.2 Å². The normalized spacial score (nSPS) is 19.6. The van der Waals surface area contributed by atoms with Gasteiger partial charge >= 0.3 is 21.2 Å². The number of carbonyl (C=O) groups excluding carboxylic acids is 3. The molecule has 0 aliphatic carbocycles. The summed E-state index contributed by atoms with van der Waals surface area (Å²) >= 11 is 0. The summed E-state index contributed by atoms with van der Waals surface area (Å²) in [4.78, 5) is 76.3. The molecular formula is C74H112F5N11O28P2. The van der Waals surface area contributed by atoms with Crippen molar-refractivity contribution in [3.8, 4) is 11.5 Å². The molecular weight excluding hydrogens is 1650 g/mol. The minimum Gasteiger partial charge on any atom is -0.462 e. The number of carbonyl (C=O) groups is 3. The molecule has 2 aliphatic heterocycles. The Morgan fingerprint density at radius 2 is 0.817 bits per heavy atom. The summed E-state index contributed by atoms with van der Waals surface area (Å²) in [5, 5.41) is 89.3. The third-order valence-electron chi connectivity index (χ3n) is 18.4. The van der Waals surface area contributed by atoms with Crippen molar-refractivity contribution in [2.45, 2.75) is 152 Å². The third kappa shape index (κ3) is 38.4. The zero-order valence-corrected chi connectivity index (χ0v) is 68.1. The maximum Gasteiger partial charge on any atom is 0.325 e. The number of nitrogens with one attached hydrogen (secondary N) is 4. The first kappa shape index (κ1) is 100. The van der Waals surface area contributed by atoms with Crippen LogP contribution in [0.15, 0.2) is 60.9 Å². The third-order valence-corrected chi connectivity index (χ3v) is 20.1. The summed E-state index contributed by atoms with van der Waals surface area (Å²) in [7, 11) is -8.83. The Balaban J connectivity index is 0.685. The zero-order chi connectivity index (χ0) is 86.7. The topological polar surface area (TPSA) is 520 Å². The summed E-state index contributed by atoms with van der Waals surface area (Å²) in [6, 6.07) is 11.7. The predicted molar refractivity (Wildman–Crippen MR) is 413 cm³/mol. The number of hydrogen-bond acceptors (Lipinski definition) is 29. The molecule has 2 saturated heterocycles. The second-order valence-electron chi connectivity index (χ2n) is 27.8. The lowest BCUT2D eigenvalue weighted by Crippen LogP contribution is -2.59. The summed E-state index contributed by atoms with van der Waals surface area (Å²) in [5.41, 5.74) is 1.49. The van der Waals surface area contributed by atoms with Crippen LogP contribution in [0.2, 0.25) is 0 Å². The fraction of sp³-hybridized carbons (Fsp3) is 0.662. The highest BCUT2D eigenvalue weighted by molar-refractivity contribution is 7.52. The Bertz CT molecular complexity index is 3650. The van der Waals surface area contributed by atoms with E-state index in [1.807, 2.05) is 12.4 Å². The Morgan fingerprint density at radius 3 is 1.25 bits per heavy atom. The van der Waals surface area contributed by atoms with Gasteiger partial charge in [0.2, 0.25) is 30.2 Å². The van der Waals surface area contributed by atoms with Gasteiger partial charge in [-0.3, -0.25) is 23.6 Å². The number of unbranched alkanes of at least 4 members (excludes halogenated alkanes) is 3. The van der Waals surface area contributed by atoms with Crippen LogP contribution in [0.4, 0.5) is 38.1 Å². The number of nitrogens with zero attached hydrogens (tertiary/aromatic N) is 7. The van der Waals surface area contributed by atoms with Crippen molar-refractivity contribution in [1.29, 1.82) is 0 Å². The fourth-order valence-electron chi connectivity index (χ4n) is 11.8. The van der Waals surface area contributed by atoms with E-state index in [1.54, 1.807) is 21.5 Å². The van der Waals surface area contributed by atoms with Crippen molar-refractivity contribution in [1.82, 2.24) is 45.5 Å². The molecule has 0 radical (unpaired) electrons. The number of aliphatic hydroxyl groups excluding tert-OH is 6. The largest absolute Gasteiger partial charge is 0.462 e. The Morgan fingerprint density at radius 1 is 0.425 bits per heavy atom. The van der Waals surface area contributed by atoms with Gasteiger partial charge in [-0.05, 0) is 106 Å². The van der Waals surface area contributed by atoms with Crippen LogP contribution in [-0.4, -0.2) is 328 Å². The molecule has 14 N–H and O–H groups in total. The van der Waals surface area contributed by atoms with Crippen LogP contribution < -0.4 is 30.7 Å². The number of hydrogen-bond donors (Lipinski definition) is 14. The van der Waals surface area contributed by atoms with Gasteiger partial charge in [-0.2, -0.15) is 0 Å². The van der Waals surface area contributed by atoms with Gasteiger partial charge in [0.1, 0.15) is 48.1 Å². The predicted octanol–water partition coefficient (Wildman–Crippen LogP) is 1.86. The first-order valence-corrected chi connectivity index (χ1v) is 43.0. The van der Waals surface area contributed by atoms with E-state index in [1.165, 1.54) is 36.4 Å². The maximum atomic E-state index is 13.9. The van der Waals surface area contributed by atoms with Crippen molar-refractivity contribution >= 4 is 44.4 Å². The Kier molecular flexibility index (Phi) is 45.5. The van der Waals surface area contributed by atoms with Crippen LogP contribution in [0.25, 0.3) is 0 Å². The number of urea groups is 1. The van der Waals surface area contributed by atoms with Crippen molar-refractivity contribution in [3.63, 3.8) is 0 Å². The standard InChI is InChI=1S/C74H112F5N11O28P2/c75-61-56(62(76)64(78)65(79)63(61)77)17-22-80-59(91)18-28-106-34-40-112-41-35-107-29-23-88(24-30-108-36-42-113-44-38-110-32-26-89-48-52(84-86-89)6-2-1-3-8-60(92)82-50-9-13-54(14-10-50)115-72-70(97)68(95)66(93)57(117-72)19-46-119(100,101)102)25-31-109-37-43-114-45-39-111-33-27-90-49-53(85-87-90)7-4-5-21-81-74(99)83-51-11-15-55(16-12-51)116-73-71(98)69(96)67(94)58(118-73)20-47-120(103,104)105/h9-16,48-49,57-58,66-73,93-98H,1-8,17-47H2,(H,80,91)(H,82,92)(H2,81,83,99)(H2,100,101,102)(H2,103,104,105)/t57-,58-,66-,67-,68+,69+,70+,71+,72+,73+/m1/s1. The number of aryl methyl sites for hydroxylation is 2. The Labute approximate surface area is 689 Å². The zero-order valence-electron chi connectivity index (χ0n) is 66.4. The van der Waals surface area contributed by atoms with Gasteiger partial charge in [0.15, 0.2) is 23.3 Å². The van der Waals surface area contributed by atoms with Gasteiger partial charge in [0, 0.05) is 74.9 Å². The second kappa shape index (κ2) is 54.6. The van der Waals surface area contributed by atoms with Crippen LogP contribution in [0, 0.1) is 29.1 Å². The van der Waals surface area contributed by atoms with Crippen molar-refractivity contribution in [3.05, 3.63) is 107 Å². The summed E-state index contributed by atoms with van der Waals surface area (Å²) in [6.07, 6.45) is -8.81. The van der Waals surface area contributed by atoms with Crippen molar-refractivity contribution in [2.75, 3.05) is 175 Å². The molecule has 120 heavy (non-hydrogen) atoms. The number of ether oxygens (including phenoxy) is 13. The molecule has 2 aliphatic rings. The molecule has 2 fully saturated rings. The number of halogens is 5. The van der Waals surface area contributed by atoms with Gasteiger partial charge in [-0.1, -0.05) is 16.8 Å². The number of aromatic nitrogens is 6. The van der Waals surface area contributed by atoms with Crippen LogP contribution in [0.1, 0.15) is 74.7 Å². The molecule has 4 heterocycles. The second-order valence-corrected chi connectivity index (χ2v) is 31.4. The van der Waals surface area contributed by atoms with Gasteiger partial charge in [-0.25, -0.2) is 36.1 Å². The number of rotatable bonds is 62. The van der Waals surface area contributed by atoms with E-state index in [-0.39, 0.29) is 82.7 Å². The molecule has 2 aromatic heterocycles. The first-order chi connectivity index (χ1) is 57.6. The molecule has 0 bridgehead atoms. The van der Waals surface area contributed by atoms with E-state index < -0.39 is 142 Å². The molecule has 5 aromatic rings. The van der Waals surface area contributed by atoms with E-state index in [2.05, 4.69) is 46.8 Å². The lowest BCUT2D eigenvalue weighted by atomic mass is 9.97. The monoisotopic (exact) mass is 1760 g/mol. The molecule has 0 spiro atoms. The molecule has 39 nitrogen and oxygen atoms in total. The first-order valence-electron chi connectivity index (χ1n) is 39.4. The maximum absolute atomic E-state index is 13.9. The highest BCUT2D eigenvalue weighted by Gasteiger charge is 2.47. The molecule has 7 rings (SSSR count). The van der Waals surface area contributed by atoms with Crippen LogP contribution in [-0.2, 0) is 103 Å². The molecule has 0 unspecified atom stereocenters. The van der Waals surface area contributed by atoms with Gasteiger partial charge < -0.3 is 133 Å². The number of aliphatic hydroxyl groups is 6. The molecule has 10 atom stereocenters. The summed E-state index contributed by atoms with van der Waals surface area (Å²) < 4.78 is 168. The van der Waals surface area contributed by atoms with E-state index >= 15 is 0 Å². The minimum absolute atomic E-state index is 0.0100. The molecule has 0 saturated carbocycles. The summed E-state index contributed by atoms with van der Waals surface area (Å²) in [5.74, 6) is -10.6. The highest BCUT2D eigenvalue weighted by atomic mass is 31.2. The molecule has 676 valence electrons. The Hall–Kier alpha value is -7.02. The lowest BCUT2D eigenvalue weighted by molar-refractivity contribution is -0.272. The summed E-state index contributed by atoms with van der Waals surface area (Å²) in [6.45, 7) is 8.29. The van der Waals surface area contributed by atoms with E-state index in [4.69, 9.17) is 61.6 Å². The van der Waals surface area contributed by atoms with Gasteiger partial charge in [0.25, 0.3) is 0 Å². The fourth-order valence-corrected chi connectivity index (χ4v) is 13.0. The van der Waals surface area contributed by atoms with Crippen molar-refractivity contribution in [2.24, 2.45) is 0 Å². The number of amides is 4. The quantitative estimate of drug-likeness (QED) is 0.00868. The lowest BCUT2D eigenvalue weighted by Gasteiger charge is -2.40. The average molecular weight is 1760 g/mol. The molecule has 46 heteroatoms. The average Bonchev–Trinajstić information content (AvgIpc) is 0.878. The van der Waals surface area contributed by atoms with Crippen LogP contribution in [0.3, 0.4) is 0 Å². The van der Waals surface area contributed by atoms with E-state index in [9.17, 15) is 95.7 Å². The van der Waals surface area contributed by atoms with Crippen molar-refractivity contribution < 1.29 is 157 Å². The highest BCUT2D eigenvalue weighted by Crippen LogP contribution is 2.39. The van der Waals surface area contributed by atoms with Crippen LogP contribution in [0.5, 0.6) is 11.5 Å².